The van der Waals surface area contributed by atoms with Gasteiger partial charge in [0, 0.05) is 5.39 Å². The third-order valence-electron chi connectivity index (χ3n) is 4.18. The molecule has 0 aliphatic heterocycles. The van der Waals surface area contributed by atoms with Gasteiger partial charge in [-0.05, 0) is 47.9 Å². The molecule has 0 atom stereocenters. The van der Waals surface area contributed by atoms with Crippen molar-refractivity contribution in [2.45, 2.75) is 13.3 Å². The lowest BCUT2D eigenvalue weighted by atomic mass is 10.1. The van der Waals surface area contributed by atoms with Crippen molar-refractivity contribution in [1.29, 1.82) is 0 Å². The standard InChI is InChI=1S/C23H21NO2/c1-3-17-8-10-18(11-9-17)6-4-5-7-23(25)22-14-12-19-16-20(26-2)13-15-21(19)24-22/h4-16H,3H2,1-2H3/b6-4+,7-5+. The second-order valence-electron chi connectivity index (χ2n) is 5.93. The van der Waals surface area contributed by atoms with Gasteiger partial charge in [0.2, 0.25) is 5.78 Å². The van der Waals surface area contributed by atoms with E-state index in [4.69, 9.17) is 4.74 Å². The van der Waals surface area contributed by atoms with Crippen molar-refractivity contribution < 1.29 is 9.53 Å². The van der Waals surface area contributed by atoms with Crippen LogP contribution in [0.15, 0.2) is 72.8 Å². The van der Waals surface area contributed by atoms with E-state index in [0.717, 1.165) is 28.6 Å². The number of hydrogen-bond acceptors (Lipinski definition) is 3. The van der Waals surface area contributed by atoms with Crippen LogP contribution in [0.4, 0.5) is 0 Å². The molecule has 0 spiro atoms. The molecule has 0 aliphatic carbocycles. The molecule has 0 aliphatic rings. The van der Waals surface area contributed by atoms with Crippen molar-refractivity contribution in [3.05, 3.63) is 89.6 Å². The Kier molecular flexibility index (Phi) is 5.59. The Labute approximate surface area is 153 Å². The summed E-state index contributed by atoms with van der Waals surface area (Å²) in [6, 6.07) is 17.6. The summed E-state index contributed by atoms with van der Waals surface area (Å²) in [4.78, 5) is 16.7. The molecule has 0 radical (unpaired) electrons. The zero-order valence-electron chi connectivity index (χ0n) is 15.0. The second kappa shape index (κ2) is 8.26. The molecule has 2 aromatic carbocycles. The highest BCUT2D eigenvalue weighted by molar-refractivity contribution is 6.04. The number of hydrogen-bond donors (Lipinski definition) is 0. The van der Waals surface area contributed by atoms with Gasteiger partial charge in [-0.25, -0.2) is 4.98 Å². The molecule has 3 aromatic rings. The van der Waals surface area contributed by atoms with Gasteiger partial charge in [-0.1, -0.05) is 55.5 Å². The van der Waals surface area contributed by atoms with Crippen LogP contribution in [-0.4, -0.2) is 17.9 Å². The molecule has 130 valence electrons. The van der Waals surface area contributed by atoms with Crippen LogP contribution in [-0.2, 0) is 6.42 Å². The Hall–Kier alpha value is -3.20. The molecular formula is C23H21NO2. The topological polar surface area (TPSA) is 39.2 Å². The van der Waals surface area contributed by atoms with Crippen molar-refractivity contribution >= 4 is 22.8 Å². The Morgan fingerprint density at radius 2 is 1.85 bits per heavy atom. The number of rotatable bonds is 6. The fourth-order valence-corrected chi connectivity index (χ4v) is 2.63. The van der Waals surface area contributed by atoms with Gasteiger partial charge in [0.15, 0.2) is 0 Å². The summed E-state index contributed by atoms with van der Waals surface area (Å²) < 4.78 is 5.20. The Morgan fingerprint density at radius 3 is 2.58 bits per heavy atom. The zero-order valence-corrected chi connectivity index (χ0v) is 15.0. The van der Waals surface area contributed by atoms with Crippen molar-refractivity contribution in [1.82, 2.24) is 4.98 Å². The summed E-state index contributed by atoms with van der Waals surface area (Å²) >= 11 is 0. The third-order valence-corrected chi connectivity index (χ3v) is 4.18. The van der Waals surface area contributed by atoms with E-state index < -0.39 is 0 Å². The summed E-state index contributed by atoms with van der Waals surface area (Å²) in [5, 5.41) is 0.945. The van der Waals surface area contributed by atoms with Crippen LogP contribution in [0, 0.1) is 0 Å². The maximum absolute atomic E-state index is 12.3. The van der Waals surface area contributed by atoms with E-state index >= 15 is 0 Å². The van der Waals surface area contributed by atoms with Gasteiger partial charge < -0.3 is 4.74 Å². The lowest BCUT2D eigenvalue weighted by Crippen LogP contribution is -1.98. The quantitative estimate of drug-likeness (QED) is 0.348. The number of pyridine rings is 1. The number of ketones is 1. The van der Waals surface area contributed by atoms with Gasteiger partial charge in [0.1, 0.15) is 11.4 Å². The molecule has 3 rings (SSSR count). The summed E-state index contributed by atoms with van der Waals surface area (Å²) in [7, 11) is 1.63. The summed E-state index contributed by atoms with van der Waals surface area (Å²) in [6.45, 7) is 2.14. The van der Waals surface area contributed by atoms with E-state index in [1.54, 1.807) is 19.3 Å². The van der Waals surface area contributed by atoms with E-state index in [1.165, 1.54) is 11.6 Å². The maximum Gasteiger partial charge on any atom is 0.204 e. The molecule has 3 heteroatoms. The van der Waals surface area contributed by atoms with Crippen LogP contribution in [0.1, 0.15) is 28.5 Å². The molecule has 1 aromatic heterocycles. The average molecular weight is 343 g/mol. The van der Waals surface area contributed by atoms with Gasteiger partial charge >= 0.3 is 0 Å². The van der Waals surface area contributed by atoms with Crippen LogP contribution in [0.5, 0.6) is 5.75 Å². The number of fused-ring (bicyclic) bond motifs is 1. The minimum Gasteiger partial charge on any atom is -0.497 e. The maximum atomic E-state index is 12.3. The molecule has 1 heterocycles. The number of aryl methyl sites for hydroxylation is 1. The minimum atomic E-state index is -0.117. The lowest BCUT2D eigenvalue weighted by Gasteiger charge is -2.03. The summed E-state index contributed by atoms with van der Waals surface area (Å²) in [5.41, 5.74) is 3.63. The second-order valence-corrected chi connectivity index (χ2v) is 5.93. The van der Waals surface area contributed by atoms with Crippen molar-refractivity contribution in [2.75, 3.05) is 7.11 Å². The average Bonchev–Trinajstić information content (AvgIpc) is 2.70. The van der Waals surface area contributed by atoms with Crippen molar-refractivity contribution in [3.63, 3.8) is 0 Å². The Bertz CT molecular complexity index is 969. The molecule has 26 heavy (non-hydrogen) atoms. The number of nitrogens with zero attached hydrogens (tertiary/aromatic N) is 1. The van der Waals surface area contributed by atoms with Crippen LogP contribution in [0.3, 0.4) is 0 Å². The number of aromatic nitrogens is 1. The zero-order chi connectivity index (χ0) is 18.4. The smallest absolute Gasteiger partial charge is 0.204 e. The van der Waals surface area contributed by atoms with Gasteiger partial charge in [0.25, 0.3) is 0 Å². The van der Waals surface area contributed by atoms with Crippen LogP contribution in [0.2, 0.25) is 0 Å². The Balaban J connectivity index is 1.69. The van der Waals surface area contributed by atoms with Gasteiger partial charge in [0.05, 0.1) is 12.6 Å². The molecule has 0 unspecified atom stereocenters. The van der Waals surface area contributed by atoms with Crippen LogP contribution < -0.4 is 4.74 Å². The Morgan fingerprint density at radius 1 is 1.04 bits per heavy atom. The first-order valence-corrected chi connectivity index (χ1v) is 8.62. The van der Waals surface area contributed by atoms with Crippen molar-refractivity contribution in [2.24, 2.45) is 0 Å². The van der Waals surface area contributed by atoms with E-state index in [2.05, 4.69) is 36.2 Å². The van der Waals surface area contributed by atoms with E-state index in [-0.39, 0.29) is 5.78 Å². The highest BCUT2D eigenvalue weighted by atomic mass is 16.5. The highest BCUT2D eigenvalue weighted by Gasteiger charge is 2.05. The molecule has 0 N–H and O–H groups in total. The van der Waals surface area contributed by atoms with Gasteiger partial charge in [-0.2, -0.15) is 0 Å². The molecule has 0 saturated heterocycles. The minimum absolute atomic E-state index is 0.117. The summed E-state index contributed by atoms with van der Waals surface area (Å²) in [5.74, 6) is 0.657. The highest BCUT2D eigenvalue weighted by Crippen LogP contribution is 2.19. The number of ether oxygens (including phenoxy) is 1. The summed E-state index contributed by atoms with van der Waals surface area (Å²) in [6.07, 6.45) is 8.16. The van der Waals surface area contributed by atoms with Gasteiger partial charge in [-0.15, -0.1) is 0 Å². The normalized spacial score (nSPS) is 11.5. The molecule has 0 saturated carbocycles. The first-order chi connectivity index (χ1) is 12.7. The lowest BCUT2D eigenvalue weighted by molar-refractivity contribution is 0.104. The van der Waals surface area contributed by atoms with Crippen molar-refractivity contribution in [3.8, 4) is 5.75 Å². The number of methoxy groups -OCH3 is 1. The van der Waals surface area contributed by atoms with E-state index in [9.17, 15) is 4.79 Å². The first-order valence-electron chi connectivity index (χ1n) is 8.62. The molecule has 0 bridgehead atoms. The SMILES string of the molecule is CCc1ccc(/C=C/C=C/C(=O)c2ccc3cc(OC)ccc3n2)cc1. The number of benzene rings is 2. The first kappa shape index (κ1) is 17.6. The molecule has 0 amide bonds. The monoisotopic (exact) mass is 343 g/mol. The third kappa shape index (κ3) is 4.25. The largest absolute Gasteiger partial charge is 0.497 e. The molecule has 3 nitrogen and oxygen atoms in total. The van der Waals surface area contributed by atoms with Crippen LogP contribution in [0.25, 0.3) is 17.0 Å². The predicted molar refractivity (Wildman–Crippen MR) is 107 cm³/mol. The molecule has 0 fully saturated rings. The van der Waals surface area contributed by atoms with Gasteiger partial charge in [-0.3, -0.25) is 4.79 Å². The number of carbonyl (C=O) groups excluding carboxylic acids is 1. The van der Waals surface area contributed by atoms with Crippen LogP contribution >= 0.6 is 0 Å². The van der Waals surface area contributed by atoms with E-state index in [1.807, 2.05) is 36.4 Å². The predicted octanol–water partition coefficient (Wildman–Crippen LogP) is 5.26. The number of allylic oxidation sites excluding steroid dienone is 3. The number of carbonyl (C=O) groups is 1. The fraction of sp³-hybridized carbons (Fsp3) is 0.130. The van der Waals surface area contributed by atoms with E-state index in [0.29, 0.717) is 5.69 Å². The molecular weight excluding hydrogens is 322 g/mol. The fourth-order valence-electron chi connectivity index (χ4n) is 2.63.